The highest BCUT2D eigenvalue weighted by atomic mass is 35.5. The molecule has 1 aliphatic carbocycles. The van der Waals surface area contributed by atoms with Crippen molar-refractivity contribution in [2.75, 3.05) is 19.6 Å². The first kappa shape index (κ1) is 16.9. The Balaban J connectivity index is 1.27. The molecule has 2 heterocycles. The summed E-state index contributed by atoms with van der Waals surface area (Å²) in [5.74, 6) is 1.14. The maximum absolute atomic E-state index is 5.98. The van der Waals surface area contributed by atoms with Gasteiger partial charge in [0.2, 0.25) is 0 Å². The molecule has 1 aromatic heterocycles. The van der Waals surface area contributed by atoms with Crippen molar-refractivity contribution in [2.45, 2.75) is 44.9 Å². The third-order valence-corrected chi connectivity index (χ3v) is 5.68. The van der Waals surface area contributed by atoms with Crippen molar-refractivity contribution in [3.05, 3.63) is 57.9 Å². The Morgan fingerprint density at radius 3 is 2.72 bits per heavy atom. The number of hydrogen-bond acceptors (Lipinski definition) is 3. The fourth-order valence-corrected chi connectivity index (χ4v) is 4.08. The highest BCUT2D eigenvalue weighted by Gasteiger charge is 2.19. The minimum absolute atomic E-state index is 0.802. The lowest BCUT2D eigenvalue weighted by Gasteiger charge is -2.26. The van der Waals surface area contributed by atoms with Gasteiger partial charge in [-0.1, -0.05) is 35.0 Å². The van der Waals surface area contributed by atoms with Gasteiger partial charge in [-0.2, -0.15) is 0 Å². The van der Waals surface area contributed by atoms with Crippen molar-refractivity contribution in [3.8, 4) is 0 Å². The van der Waals surface area contributed by atoms with E-state index in [-0.39, 0.29) is 0 Å². The van der Waals surface area contributed by atoms with Crippen LogP contribution in [0.4, 0.5) is 0 Å². The van der Waals surface area contributed by atoms with E-state index in [1.165, 1.54) is 35.2 Å². The number of nitrogens with zero attached hydrogens (tertiary/aromatic N) is 2. The van der Waals surface area contributed by atoms with Gasteiger partial charge in [0.15, 0.2) is 0 Å². The first-order valence-corrected chi connectivity index (χ1v) is 9.81. The van der Waals surface area contributed by atoms with E-state index in [1.807, 2.05) is 12.1 Å². The smallest absolute Gasteiger partial charge is 0.140 e. The molecule has 0 unspecified atom stereocenters. The van der Waals surface area contributed by atoms with E-state index in [4.69, 9.17) is 16.1 Å². The standard InChI is InChI=1S/C21H25ClN2O/c22-18-9-7-16(8-10-18)17-11-14-24(15-12-17)13-3-6-21-19-4-1-2-5-20(19)23-25-21/h7-11H,1-6,12-15H2. The summed E-state index contributed by atoms with van der Waals surface area (Å²) in [5.41, 5.74) is 5.37. The molecule has 0 saturated carbocycles. The van der Waals surface area contributed by atoms with Gasteiger partial charge in [-0.25, -0.2) is 0 Å². The SMILES string of the molecule is Clc1ccc(C2=CCN(CCCc3onc4c3CCCC4)CC2)cc1. The summed E-state index contributed by atoms with van der Waals surface area (Å²) in [4.78, 5) is 2.53. The van der Waals surface area contributed by atoms with Crippen LogP contribution in [0.3, 0.4) is 0 Å². The average molecular weight is 357 g/mol. The first-order valence-electron chi connectivity index (χ1n) is 9.43. The van der Waals surface area contributed by atoms with E-state index in [0.29, 0.717) is 0 Å². The molecule has 2 aliphatic rings. The molecule has 1 aromatic carbocycles. The normalized spacial score (nSPS) is 18.0. The highest BCUT2D eigenvalue weighted by Crippen LogP contribution is 2.26. The molecule has 0 atom stereocenters. The lowest BCUT2D eigenvalue weighted by atomic mass is 9.95. The predicted octanol–water partition coefficient (Wildman–Crippen LogP) is 4.93. The zero-order valence-electron chi connectivity index (χ0n) is 14.6. The van der Waals surface area contributed by atoms with E-state index in [2.05, 4.69) is 28.3 Å². The fraction of sp³-hybridized carbons (Fsp3) is 0.476. The third-order valence-electron chi connectivity index (χ3n) is 5.43. The minimum atomic E-state index is 0.802. The third kappa shape index (κ3) is 3.99. The number of hydrogen-bond donors (Lipinski definition) is 0. The Morgan fingerprint density at radius 2 is 1.92 bits per heavy atom. The minimum Gasteiger partial charge on any atom is -0.361 e. The van der Waals surface area contributed by atoms with Crippen LogP contribution in [0.25, 0.3) is 5.57 Å². The van der Waals surface area contributed by atoms with Crippen molar-refractivity contribution in [1.82, 2.24) is 10.1 Å². The molecule has 132 valence electrons. The molecule has 25 heavy (non-hydrogen) atoms. The van der Waals surface area contributed by atoms with Gasteiger partial charge < -0.3 is 4.52 Å². The zero-order chi connectivity index (χ0) is 17.1. The molecule has 4 heteroatoms. The van der Waals surface area contributed by atoms with E-state index < -0.39 is 0 Å². The molecule has 4 rings (SSSR count). The molecule has 0 amide bonds. The number of aromatic nitrogens is 1. The van der Waals surface area contributed by atoms with Crippen molar-refractivity contribution in [1.29, 1.82) is 0 Å². The summed E-state index contributed by atoms with van der Waals surface area (Å²) in [5, 5.41) is 5.07. The van der Waals surface area contributed by atoms with Crippen LogP contribution in [-0.4, -0.2) is 29.7 Å². The lowest BCUT2D eigenvalue weighted by Crippen LogP contribution is -2.29. The van der Waals surface area contributed by atoms with Gasteiger partial charge in [0.25, 0.3) is 0 Å². The molecule has 0 bridgehead atoms. The van der Waals surface area contributed by atoms with Crippen molar-refractivity contribution < 1.29 is 4.52 Å². The van der Waals surface area contributed by atoms with Gasteiger partial charge >= 0.3 is 0 Å². The number of halogens is 1. The van der Waals surface area contributed by atoms with Gasteiger partial charge in [0.1, 0.15) is 5.76 Å². The molecule has 2 aromatic rings. The monoisotopic (exact) mass is 356 g/mol. The number of fused-ring (bicyclic) bond motifs is 1. The summed E-state index contributed by atoms with van der Waals surface area (Å²) in [6.45, 7) is 3.29. The van der Waals surface area contributed by atoms with Crippen LogP contribution in [0.1, 0.15) is 48.3 Å². The lowest BCUT2D eigenvalue weighted by molar-refractivity contribution is 0.290. The molecular weight excluding hydrogens is 332 g/mol. The van der Waals surface area contributed by atoms with Crippen molar-refractivity contribution >= 4 is 17.2 Å². The Morgan fingerprint density at radius 1 is 1.08 bits per heavy atom. The van der Waals surface area contributed by atoms with Crippen LogP contribution < -0.4 is 0 Å². The van der Waals surface area contributed by atoms with Gasteiger partial charge in [0, 0.05) is 30.1 Å². The van der Waals surface area contributed by atoms with E-state index >= 15 is 0 Å². The number of benzene rings is 1. The van der Waals surface area contributed by atoms with Gasteiger partial charge in [-0.3, -0.25) is 4.90 Å². The topological polar surface area (TPSA) is 29.3 Å². The van der Waals surface area contributed by atoms with Gasteiger partial charge in [-0.05, 0) is 68.3 Å². The van der Waals surface area contributed by atoms with Crippen LogP contribution in [0.2, 0.25) is 5.02 Å². The molecule has 0 fully saturated rings. The zero-order valence-corrected chi connectivity index (χ0v) is 15.4. The second-order valence-corrected chi connectivity index (χ2v) is 7.56. The number of aryl methyl sites for hydroxylation is 2. The van der Waals surface area contributed by atoms with Crippen LogP contribution in [0.5, 0.6) is 0 Å². The Bertz CT molecular complexity index is 748. The summed E-state index contributed by atoms with van der Waals surface area (Å²) >= 11 is 5.98. The fourth-order valence-electron chi connectivity index (χ4n) is 3.96. The second kappa shape index (κ2) is 7.76. The van der Waals surface area contributed by atoms with E-state index in [1.54, 1.807) is 0 Å². The summed E-state index contributed by atoms with van der Waals surface area (Å²) in [6.07, 6.45) is 10.4. The van der Waals surface area contributed by atoms with E-state index in [9.17, 15) is 0 Å². The van der Waals surface area contributed by atoms with Crippen LogP contribution in [0, 0.1) is 0 Å². The molecule has 1 aliphatic heterocycles. The summed E-state index contributed by atoms with van der Waals surface area (Å²) < 4.78 is 5.60. The quantitative estimate of drug-likeness (QED) is 0.760. The molecule has 0 saturated heterocycles. The average Bonchev–Trinajstić information content (AvgIpc) is 3.06. The second-order valence-electron chi connectivity index (χ2n) is 7.13. The van der Waals surface area contributed by atoms with Crippen LogP contribution in [0.15, 0.2) is 34.9 Å². The largest absolute Gasteiger partial charge is 0.361 e. The number of rotatable bonds is 5. The molecule has 0 radical (unpaired) electrons. The maximum Gasteiger partial charge on any atom is 0.140 e. The van der Waals surface area contributed by atoms with Crippen LogP contribution >= 0.6 is 11.6 Å². The molecule has 0 spiro atoms. The molecular formula is C21H25ClN2O. The van der Waals surface area contributed by atoms with Crippen molar-refractivity contribution in [2.24, 2.45) is 0 Å². The molecule has 3 nitrogen and oxygen atoms in total. The Hall–Kier alpha value is -1.58. The Labute approximate surface area is 154 Å². The predicted molar refractivity (Wildman–Crippen MR) is 102 cm³/mol. The molecule has 0 N–H and O–H groups in total. The van der Waals surface area contributed by atoms with E-state index in [0.717, 1.165) is 62.5 Å². The van der Waals surface area contributed by atoms with Gasteiger partial charge in [-0.15, -0.1) is 0 Å². The maximum atomic E-state index is 5.98. The summed E-state index contributed by atoms with van der Waals surface area (Å²) in [6, 6.07) is 8.19. The highest BCUT2D eigenvalue weighted by molar-refractivity contribution is 6.30. The van der Waals surface area contributed by atoms with Gasteiger partial charge in [0.05, 0.1) is 5.69 Å². The van der Waals surface area contributed by atoms with Crippen LogP contribution in [-0.2, 0) is 19.3 Å². The summed E-state index contributed by atoms with van der Waals surface area (Å²) in [7, 11) is 0. The van der Waals surface area contributed by atoms with Crippen molar-refractivity contribution in [3.63, 3.8) is 0 Å². The first-order chi connectivity index (χ1) is 12.3. The Kier molecular flexibility index (Phi) is 5.23.